The quantitative estimate of drug-likeness (QED) is 0.188. The summed E-state index contributed by atoms with van der Waals surface area (Å²) in [6.45, 7) is 4.41. The van der Waals surface area contributed by atoms with E-state index in [0.717, 1.165) is 5.56 Å². The first-order chi connectivity index (χ1) is 16.6. The normalized spacial score (nSPS) is 12.2. The van der Waals surface area contributed by atoms with Gasteiger partial charge >= 0.3 is 0 Å². The van der Waals surface area contributed by atoms with Crippen molar-refractivity contribution in [3.8, 4) is 11.3 Å². The third-order valence-corrected chi connectivity index (χ3v) is 7.50. The smallest absolute Gasteiger partial charge is 0.210 e. The van der Waals surface area contributed by atoms with Gasteiger partial charge in [0.1, 0.15) is 0 Å². The number of nitrogens with one attached hydrogen (secondary N) is 1. The zero-order valence-electron chi connectivity index (χ0n) is 19.6. The van der Waals surface area contributed by atoms with Crippen LogP contribution in [0.1, 0.15) is 35.5 Å². The zero-order valence-corrected chi connectivity index (χ0v) is 20.4. The molecule has 0 atom stereocenters. The Balaban J connectivity index is 1.81. The molecule has 0 amide bonds. The molecule has 184 valence electrons. The van der Waals surface area contributed by atoms with Gasteiger partial charge in [0.05, 0.1) is 28.6 Å². The number of nitrogens with two attached hydrogens (primary N) is 2. The molecule has 3 aromatic rings. The van der Waals surface area contributed by atoms with Gasteiger partial charge in [0.15, 0.2) is 21.3 Å². The number of rotatable bonds is 10. The fraction of sp³-hybridized carbons (Fsp3) is 0.240. The van der Waals surface area contributed by atoms with E-state index in [1.807, 2.05) is 12.1 Å². The molecule has 0 bridgehead atoms. The number of benzene rings is 2. The summed E-state index contributed by atoms with van der Waals surface area (Å²) in [7, 11) is -3.40. The SMILES string of the molecule is CC(C)S(=O)(=O)c1ccc(-c2cnc(N)c(C(=O)/C=C(\N)c3ccc(CNCCO)cc3)n2)cc1. The predicted molar refractivity (Wildman–Crippen MR) is 136 cm³/mol. The molecule has 0 aliphatic carbocycles. The number of hydrogen-bond acceptors (Lipinski definition) is 9. The fourth-order valence-corrected chi connectivity index (χ4v) is 4.29. The van der Waals surface area contributed by atoms with Crippen LogP contribution in [-0.2, 0) is 16.4 Å². The molecule has 35 heavy (non-hydrogen) atoms. The van der Waals surface area contributed by atoms with E-state index in [4.69, 9.17) is 16.6 Å². The van der Waals surface area contributed by atoms with Gasteiger partial charge in [0.2, 0.25) is 5.78 Å². The van der Waals surface area contributed by atoms with Gasteiger partial charge in [-0.25, -0.2) is 18.4 Å². The average Bonchev–Trinajstić information content (AvgIpc) is 2.84. The zero-order chi connectivity index (χ0) is 25.6. The Morgan fingerprint density at radius 2 is 1.77 bits per heavy atom. The van der Waals surface area contributed by atoms with Gasteiger partial charge in [-0.15, -0.1) is 0 Å². The summed E-state index contributed by atoms with van der Waals surface area (Å²) in [5, 5.41) is 11.4. The molecule has 0 fully saturated rings. The van der Waals surface area contributed by atoms with E-state index in [9.17, 15) is 13.2 Å². The Hall–Kier alpha value is -3.60. The maximum Gasteiger partial charge on any atom is 0.210 e. The van der Waals surface area contributed by atoms with Crippen LogP contribution in [0.3, 0.4) is 0 Å². The number of ketones is 1. The van der Waals surface area contributed by atoms with E-state index in [1.54, 1.807) is 38.1 Å². The van der Waals surface area contributed by atoms with Crippen molar-refractivity contribution in [3.05, 3.63) is 77.6 Å². The Morgan fingerprint density at radius 3 is 2.37 bits per heavy atom. The molecule has 2 aromatic carbocycles. The standard InChI is InChI=1S/C25H29N5O4S/c1-16(2)35(33,34)20-9-7-19(8-10-20)22-15-29-25(27)24(30-22)23(32)13-21(26)18-5-3-17(4-6-18)14-28-11-12-31/h3-10,13,15-16,28,31H,11-12,14,26H2,1-2H3,(H2,27,29)/b21-13-. The predicted octanol–water partition coefficient (Wildman–Crippen LogP) is 2.17. The van der Waals surface area contributed by atoms with Gasteiger partial charge < -0.3 is 21.9 Å². The number of sulfone groups is 1. The van der Waals surface area contributed by atoms with E-state index < -0.39 is 20.9 Å². The molecule has 0 spiro atoms. The van der Waals surface area contributed by atoms with Crippen LogP contribution in [0.4, 0.5) is 5.82 Å². The summed E-state index contributed by atoms with van der Waals surface area (Å²) in [6.07, 6.45) is 2.68. The fourth-order valence-electron chi connectivity index (χ4n) is 3.23. The Bertz CT molecular complexity index is 1320. The van der Waals surface area contributed by atoms with Crippen molar-refractivity contribution < 1.29 is 18.3 Å². The molecule has 1 aromatic heterocycles. The van der Waals surface area contributed by atoms with Crippen LogP contribution in [-0.4, -0.2) is 47.7 Å². The van der Waals surface area contributed by atoms with E-state index in [-0.39, 0.29) is 28.7 Å². The van der Waals surface area contributed by atoms with Crippen LogP contribution in [0.5, 0.6) is 0 Å². The maximum absolute atomic E-state index is 12.9. The number of allylic oxidation sites excluding steroid dienone is 1. The van der Waals surface area contributed by atoms with Crippen LogP contribution in [0, 0.1) is 0 Å². The van der Waals surface area contributed by atoms with Crippen molar-refractivity contribution in [1.82, 2.24) is 15.3 Å². The number of aromatic nitrogens is 2. The molecule has 1 heterocycles. The molecule has 0 saturated carbocycles. The summed E-state index contributed by atoms with van der Waals surface area (Å²) in [5.41, 5.74) is 14.9. The number of carbonyl (C=O) groups is 1. The molecule has 0 radical (unpaired) electrons. The molecular weight excluding hydrogens is 466 g/mol. The summed E-state index contributed by atoms with van der Waals surface area (Å²) < 4.78 is 24.7. The molecule has 9 nitrogen and oxygen atoms in total. The second kappa shape index (κ2) is 11.2. The number of aliphatic hydroxyl groups is 1. The van der Waals surface area contributed by atoms with Gasteiger partial charge in [-0.3, -0.25) is 4.79 Å². The summed E-state index contributed by atoms with van der Waals surface area (Å²) in [5.74, 6) is -0.533. The first-order valence-corrected chi connectivity index (χ1v) is 12.6. The molecule has 0 aliphatic heterocycles. The number of nitrogens with zero attached hydrogens (tertiary/aromatic N) is 2. The largest absolute Gasteiger partial charge is 0.398 e. The minimum absolute atomic E-state index is 0.0351. The van der Waals surface area contributed by atoms with E-state index in [0.29, 0.717) is 29.9 Å². The van der Waals surface area contributed by atoms with E-state index in [1.165, 1.54) is 24.4 Å². The first-order valence-electron chi connectivity index (χ1n) is 11.0. The van der Waals surface area contributed by atoms with Crippen LogP contribution in [0.25, 0.3) is 17.0 Å². The Labute approximate surface area is 204 Å². The van der Waals surface area contributed by atoms with Gasteiger partial charge in [0.25, 0.3) is 0 Å². The number of anilines is 1. The summed E-state index contributed by atoms with van der Waals surface area (Å²) >= 11 is 0. The second-order valence-corrected chi connectivity index (χ2v) is 10.7. The van der Waals surface area contributed by atoms with Crippen LogP contribution in [0.2, 0.25) is 0 Å². The maximum atomic E-state index is 12.9. The highest BCUT2D eigenvalue weighted by Gasteiger charge is 2.19. The lowest BCUT2D eigenvalue weighted by Crippen LogP contribution is -2.17. The molecule has 0 saturated heterocycles. The van der Waals surface area contributed by atoms with Crippen molar-refractivity contribution in [3.63, 3.8) is 0 Å². The van der Waals surface area contributed by atoms with E-state index in [2.05, 4.69) is 15.3 Å². The average molecular weight is 496 g/mol. The highest BCUT2D eigenvalue weighted by molar-refractivity contribution is 7.92. The minimum atomic E-state index is -3.40. The number of aliphatic hydroxyl groups excluding tert-OH is 1. The number of nitrogen functional groups attached to an aromatic ring is 1. The van der Waals surface area contributed by atoms with Gasteiger partial charge in [0, 0.05) is 30.4 Å². The topological polar surface area (TPSA) is 161 Å². The monoisotopic (exact) mass is 495 g/mol. The molecule has 6 N–H and O–H groups in total. The van der Waals surface area contributed by atoms with Crippen LogP contribution >= 0.6 is 0 Å². The van der Waals surface area contributed by atoms with Crippen LogP contribution < -0.4 is 16.8 Å². The number of hydrogen-bond donors (Lipinski definition) is 4. The van der Waals surface area contributed by atoms with Gasteiger partial charge in [-0.1, -0.05) is 36.4 Å². The Morgan fingerprint density at radius 1 is 1.11 bits per heavy atom. The number of carbonyl (C=O) groups excluding carboxylic acids is 1. The van der Waals surface area contributed by atoms with Crippen molar-refractivity contribution in [2.75, 3.05) is 18.9 Å². The third kappa shape index (κ3) is 6.30. The van der Waals surface area contributed by atoms with Gasteiger partial charge in [-0.05, 0) is 37.1 Å². The molecule has 0 unspecified atom stereocenters. The summed E-state index contributed by atoms with van der Waals surface area (Å²) in [6, 6.07) is 13.6. The lowest BCUT2D eigenvalue weighted by molar-refractivity contribution is 0.104. The van der Waals surface area contributed by atoms with E-state index >= 15 is 0 Å². The second-order valence-electron chi connectivity index (χ2n) is 8.17. The first kappa shape index (κ1) is 26.0. The molecular formula is C25H29N5O4S. The molecule has 0 aliphatic rings. The minimum Gasteiger partial charge on any atom is -0.398 e. The summed E-state index contributed by atoms with van der Waals surface area (Å²) in [4.78, 5) is 21.5. The van der Waals surface area contributed by atoms with Crippen molar-refractivity contribution in [2.24, 2.45) is 5.73 Å². The van der Waals surface area contributed by atoms with Crippen molar-refractivity contribution in [1.29, 1.82) is 0 Å². The third-order valence-electron chi connectivity index (χ3n) is 5.32. The lowest BCUT2D eigenvalue weighted by Gasteiger charge is -2.09. The lowest BCUT2D eigenvalue weighted by atomic mass is 10.1. The molecule has 10 heteroatoms. The highest BCUT2D eigenvalue weighted by atomic mass is 32.2. The molecule has 3 rings (SSSR count). The Kier molecular flexibility index (Phi) is 8.34. The van der Waals surface area contributed by atoms with Gasteiger partial charge in [-0.2, -0.15) is 0 Å². The van der Waals surface area contributed by atoms with Crippen LogP contribution in [0.15, 0.2) is 65.7 Å². The van der Waals surface area contributed by atoms with Crippen molar-refractivity contribution in [2.45, 2.75) is 30.5 Å². The highest BCUT2D eigenvalue weighted by Crippen LogP contribution is 2.23. The van der Waals surface area contributed by atoms with Crippen molar-refractivity contribution >= 4 is 27.1 Å².